The van der Waals surface area contributed by atoms with Gasteiger partial charge in [0.05, 0.1) is 5.30 Å². The first kappa shape index (κ1) is 21.9. The molecule has 0 fully saturated rings. The van der Waals surface area contributed by atoms with Crippen LogP contribution in [-0.2, 0) is 10.8 Å². The van der Waals surface area contributed by atoms with E-state index in [0.717, 1.165) is 28.8 Å². The summed E-state index contributed by atoms with van der Waals surface area (Å²) in [5.74, 6) is 1.89. The predicted octanol–water partition coefficient (Wildman–Crippen LogP) is 8.06. The van der Waals surface area contributed by atoms with Gasteiger partial charge in [0, 0.05) is 16.7 Å². The number of para-hydroxylation sites is 1. The van der Waals surface area contributed by atoms with Crippen molar-refractivity contribution in [3.63, 3.8) is 0 Å². The molecule has 1 heterocycles. The molecule has 1 unspecified atom stereocenters. The Morgan fingerprint density at radius 3 is 2.13 bits per heavy atom. The van der Waals surface area contributed by atoms with E-state index in [1.165, 1.54) is 22.3 Å². The predicted molar refractivity (Wildman–Crippen MR) is 133 cm³/mol. The van der Waals surface area contributed by atoms with Crippen molar-refractivity contribution in [3.8, 4) is 22.6 Å². The number of benzene rings is 3. The van der Waals surface area contributed by atoms with Gasteiger partial charge in [-0.3, -0.25) is 0 Å². The van der Waals surface area contributed by atoms with Crippen molar-refractivity contribution in [3.05, 3.63) is 77.4 Å². The van der Waals surface area contributed by atoms with Crippen molar-refractivity contribution in [2.45, 2.75) is 65.7 Å². The van der Waals surface area contributed by atoms with E-state index in [1.54, 1.807) is 0 Å². The summed E-state index contributed by atoms with van der Waals surface area (Å²) in [6, 6.07) is 21.3. The Morgan fingerprint density at radius 1 is 0.839 bits per heavy atom. The Labute approximate surface area is 188 Å². The van der Waals surface area contributed by atoms with E-state index in [9.17, 15) is 0 Å². The van der Waals surface area contributed by atoms with Gasteiger partial charge in [0.2, 0.25) is 0 Å². The molecule has 2 nitrogen and oxygen atoms in total. The molecule has 31 heavy (non-hydrogen) atoms. The normalized spacial score (nSPS) is 15.6. The third-order valence-electron chi connectivity index (χ3n) is 6.29. The minimum absolute atomic E-state index is 0.00387. The maximum atomic E-state index is 6.91. The zero-order chi connectivity index (χ0) is 22.4. The van der Waals surface area contributed by atoms with Crippen molar-refractivity contribution < 1.29 is 9.05 Å². The molecule has 3 heteroatoms. The number of aryl methyl sites for hydroxylation is 1. The average Bonchev–Trinajstić information content (AvgIpc) is 2.74. The molecule has 0 aliphatic carbocycles. The molecule has 0 amide bonds. The second kappa shape index (κ2) is 7.99. The molecule has 4 rings (SSSR count). The molecule has 1 aliphatic heterocycles. The number of hydrogen-bond donors (Lipinski definition) is 0. The first-order valence-electron chi connectivity index (χ1n) is 11.1. The van der Waals surface area contributed by atoms with E-state index in [1.807, 2.05) is 12.1 Å². The third-order valence-corrected chi connectivity index (χ3v) is 7.78. The van der Waals surface area contributed by atoms with Crippen molar-refractivity contribution in [2.24, 2.45) is 0 Å². The zero-order valence-corrected chi connectivity index (χ0v) is 20.6. The maximum absolute atomic E-state index is 6.91. The van der Waals surface area contributed by atoms with Gasteiger partial charge in [-0.15, -0.1) is 0 Å². The first-order chi connectivity index (χ1) is 14.6. The quantitative estimate of drug-likeness (QED) is 0.388. The van der Waals surface area contributed by atoms with Gasteiger partial charge in [-0.2, -0.15) is 0 Å². The molecule has 0 spiro atoms. The molecule has 0 aromatic heterocycles. The molecule has 3 aromatic rings. The van der Waals surface area contributed by atoms with Gasteiger partial charge >= 0.3 is 8.38 Å². The van der Waals surface area contributed by atoms with Gasteiger partial charge < -0.3 is 9.05 Å². The van der Waals surface area contributed by atoms with Crippen LogP contribution in [-0.4, -0.2) is 0 Å². The number of rotatable bonds is 4. The Hall–Kier alpha value is -2.31. The SMILES string of the molecule is CCC(C)(C)c1cc(C)cc(C(C)(C)C)c1OP1Oc2ccccc2-c2ccccc21. The summed E-state index contributed by atoms with van der Waals surface area (Å²) in [7, 11) is -1.29. The summed E-state index contributed by atoms with van der Waals surface area (Å²) in [5.41, 5.74) is 6.09. The van der Waals surface area contributed by atoms with Crippen molar-refractivity contribution in [1.82, 2.24) is 0 Å². The highest BCUT2D eigenvalue weighted by Crippen LogP contribution is 2.53. The first-order valence-corrected chi connectivity index (χ1v) is 12.3. The topological polar surface area (TPSA) is 18.5 Å². The number of hydrogen-bond acceptors (Lipinski definition) is 2. The molecule has 3 aromatic carbocycles. The molecule has 162 valence electrons. The molecule has 1 aliphatic rings. The molecular weight excluding hydrogens is 399 g/mol. The summed E-state index contributed by atoms with van der Waals surface area (Å²) < 4.78 is 13.4. The van der Waals surface area contributed by atoms with Crippen LogP contribution in [0.25, 0.3) is 11.1 Å². The summed E-state index contributed by atoms with van der Waals surface area (Å²) in [5, 5.41) is 1.14. The zero-order valence-electron chi connectivity index (χ0n) is 19.7. The second-order valence-electron chi connectivity index (χ2n) is 10.1. The van der Waals surface area contributed by atoms with E-state index in [0.29, 0.717) is 0 Å². The van der Waals surface area contributed by atoms with Crippen LogP contribution in [0.3, 0.4) is 0 Å². The van der Waals surface area contributed by atoms with Crippen LogP contribution in [0.4, 0.5) is 0 Å². The molecule has 0 bridgehead atoms. The third kappa shape index (κ3) is 4.11. The summed E-state index contributed by atoms with van der Waals surface area (Å²) in [4.78, 5) is 0. The lowest BCUT2D eigenvalue weighted by Gasteiger charge is -2.34. The second-order valence-corrected chi connectivity index (χ2v) is 11.5. The summed E-state index contributed by atoms with van der Waals surface area (Å²) in [6.07, 6.45) is 1.04. The van der Waals surface area contributed by atoms with Crippen LogP contribution in [0.1, 0.15) is 64.7 Å². The lowest BCUT2D eigenvalue weighted by Crippen LogP contribution is -2.23. The Balaban J connectivity index is 1.88. The van der Waals surface area contributed by atoms with E-state index >= 15 is 0 Å². The molecular formula is C28H33O2P. The van der Waals surface area contributed by atoms with E-state index in [2.05, 4.69) is 97.0 Å². The summed E-state index contributed by atoms with van der Waals surface area (Å²) in [6.45, 7) is 15.8. The fraction of sp³-hybridized carbons (Fsp3) is 0.357. The molecule has 0 N–H and O–H groups in total. The van der Waals surface area contributed by atoms with Gasteiger partial charge in [0.15, 0.2) is 0 Å². The van der Waals surface area contributed by atoms with Crippen LogP contribution in [0.15, 0.2) is 60.7 Å². The fourth-order valence-corrected chi connectivity index (χ4v) is 5.57. The monoisotopic (exact) mass is 432 g/mol. The molecule has 0 radical (unpaired) electrons. The maximum Gasteiger partial charge on any atom is 0.326 e. The molecule has 0 saturated carbocycles. The lowest BCUT2D eigenvalue weighted by molar-refractivity contribution is 0.444. The van der Waals surface area contributed by atoms with Crippen LogP contribution in [0.2, 0.25) is 0 Å². The van der Waals surface area contributed by atoms with Crippen LogP contribution in [0, 0.1) is 6.92 Å². The minimum Gasteiger partial charge on any atom is -0.435 e. The Bertz CT molecular complexity index is 1110. The fourth-order valence-electron chi connectivity index (χ4n) is 4.04. The lowest BCUT2D eigenvalue weighted by atomic mass is 9.76. The Kier molecular flexibility index (Phi) is 5.64. The van der Waals surface area contributed by atoms with Crippen LogP contribution in [0.5, 0.6) is 11.5 Å². The van der Waals surface area contributed by atoms with Crippen molar-refractivity contribution in [1.29, 1.82) is 0 Å². The largest absolute Gasteiger partial charge is 0.435 e. The van der Waals surface area contributed by atoms with E-state index in [-0.39, 0.29) is 10.8 Å². The standard InChI is InChI=1S/C28H33O2P/c1-8-28(6,7)23-18-19(2)17-22(27(3,4)5)26(23)30-31-25-16-12-10-14-21(25)20-13-9-11-15-24(20)29-31/h9-18H,8H2,1-7H3. The van der Waals surface area contributed by atoms with Crippen molar-refractivity contribution in [2.75, 3.05) is 0 Å². The molecule has 0 saturated heterocycles. The number of fused-ring (bicyclic) bond motifs is 3. The minimum atomic E-state index is -1.29. The van der Waals surface area contributed by atoms with Gasteiger partial charge in [-0.1, -0.05) is 95.6 Å². The average molecular weight is 433 g/mol. The van der Waals surface area contributed by atoms with Crippen molar-refractivity contribution >= 4 is 13.7 Å². The Morgan fingerprint density at radius 2 is 1.45 bits per heavy atom. The van der Waals surface area contributed by atoms with Gasteiger partial charge in [0.25, 0.3) is 0 Å². The van der Waals surface area contributed by atoms with Gasteiger partial charge in [-0.25, -0.2) is 0 Å². The highest BCUT2D eigenvalue weighted by Gasteiger charge is 2.34. The summed E-state index contributed by atoms with van der Waals surface area (Å²) >= 11 is 0. The van der Waals surface area contributed by atoms with Crippen LogP contribution < -0.4 is 14.4 Å². The van der Waals surface area contributed by atoms with Gasteiger partial charge in [-0.05, 0) is 41.9 Å². The highest BCUT2D eigenvalue weighted by atomic mass is 31.2. The molecule has 1 atom stereocenters. The van der Waals surface area contributed by atoms with E-state index < -0.39 is 8.38 Å². The van der Waals surface area contributed by atoms with Gasteiger partial charge in [0.1, 0.15) is 11.5 Å². The van der Waals surface area contributed by atoms with Crippen LogP contribution >= 0.6 is 8.38 Å². The smallest absolute Gasteiger partial charge is 0.326 e. The highest BCUT2D eigenvalue weighted by molar-refractivity contribution is 7.57. The van der Waals surface area contributed by atoms with E-state index in [4.69, 9.17) is 9.05 Å².